The Morgan fingerprint density at radius 1 is 1.29 bits per heavy atom. The van der Waals surface area contributed by atoms with Crippen molar-refractivity contribution in [2.45, 2.75) is 39.5 Å². The number of benzene rings is 2. The van der Waals surface area contributed by atoms with E-state index in [1.807, 2.05) is 12.1 Å². The zero-order chi connectivity index (χ0) is 19.7. The van der Waals surface area contributed by atoms with Crippen molar-refractivity contribution in [3.05, 3.63) is 53.3 Å². The van der Waals surface area contributed by atoms with Gasteiger partial charge in [-0.1, -0.05) is 19.1 Å². The van der Waals surface area contributed by atoms with Gasteiger partial charge in [-0.05, 0) is 55.2 Å². The Bertz CT molecular complexity index is 981. The van der Waals surface area contributed by atoms with Crippen LogP contribution in [0.15, 0.2) is 36.7 Å². The lowest BCUT2D eigenvalue weighted by Gasteiger charge is -2.30. The summed E-state index contributed by atoms with van der Waals surface area (Å²) in [4.78, 5) is 21.4. The SMILES string of the molecule is CCCOc1ccc(C2COC(C=O)N2c2cc3[nH]cnc3c(C)c2C)cc1. The maximum absolute atomic E-state index is 11.7. The van der Waals surface area contributed by atoms with Gasteiger partial charge in [0.25, 0.3) is 0 Å². The normalized spacial score (nSPS) is 19.3. The van der Waals surface area contributed by atoms with Gasteiger partial charge in [-0.2, -0.15) is 0 Å². The monoisotopic (exact) mass is 379 g/mol. The number of ether oxygens (including phenoxy) is 2. The predicted molar refractivity (Wildman–Crippen MR) is 109 cm³/mol. The third kappa shape index (κ3) is 3.14. The number of carbonyl (C=O) groups excluding carboxylic acids is 1. The Labute approximate surface area is 164 Å². The minimum atomic E-state index is -0.612. The zero-order valence-corrected chi connectivity index (χ0v) is 16.4. The second kappa shape index (κ2) is 7.64. The molecular formula is C22H25N3O3. The van der Waals surface area contributed by atoms with Crippen molar-refractivity contribution in [3.63, 3.8) is 0 Å². The molecule has 0 aliphatic carbocycles. The van der Waals surface area contributed by atoms with E-state index in [4.69, 9.17) is 9.47 Å². The highest BCUT2D eigenvalue weighted by Gasteiger charge is 2.36. The van der Waals surface area contributed by atoms with Crippen molar-refractivity contribution in [1.29, 1.82) is 0 Å². The van der Waals surface area contributed by atoms with Gasteiger partial charge in [-0.15, -0.1) is 0 Å². The van der Waals surface area contributed by atoms with Crippen molar-refractivity contribution < 1.29 is 14.3 Å². The molecule has 1 aliphatic heterocycles. The van der Waals surface area contributed by atoms with Crippen LogP contribution >= 0.6 is 0 Å². The van der Waals surface area contributed by atoms with E-state index >= 15 is 0 Å². The lowest BCUT2D eigenvalue weighted by molar-refractivity contribution is -0.115. The molecule has 2 aromatic carbocycles. The first kappa shape index (κ1) is 18.5. The number of carbonyl (C=O) groups is 1. The van der Waals surface area contributed by atoms with Crippen LogP contribution in [-0.4, -0.2) is 35.7 Å². The first-order valence-corrected chi connectivity index (χ1v) is 9.65. The van der Waals surface area contributed by atoms with Crippen LogP contribution in [0.5, 0.6) is 5.75 Å². The van der Waals surface area contributed by atoms with Crippen molar-refractivity contribution in [1.82, 2.24) is 9.97 Å². The topological polar surface area (TPSA) is 67.5 Å². The van der Waals surface area contributed by atoms with Gasteiger partial charge < -0.3 is 19.4 Å². The Hall–Kier alpha value is -2.86. The van der Waals surface area contributed by atoms with Gasteiger partial charge in [0.05, 0.1) is 36.6 Å². The summed E-state index contributed by atoms with van der Waals surface area (Å²) >= 11 is 0. The summed E-state index contributed by atoms with van der Waals surface area (Å²) in [5.41, 5.74) is 6.20. The number of aromatic nitrogens is 2. The van der Waals surface area contributed by atoms with Crippen LogP contribution in [0, 0.1) is 13.8 Å². The van der Waals surface area contributed by atoms with Gasteiger partial charge in [-0.3, -0.25) is 4.79 Å². The van der Waals surface area contributed by atoms with E-state index in [0.717, 1.165) is 51.9 Å². The molecule has 0 spiro atoms. The number of H-pyrrole nitrogens is 1. The van der Waals surface area contributed by atoms with Crippen LogP contribution in [0.2, 0.25) is 0 Å². The number of nitrogens with one attached hydrogen (secondary N) is 1. The highest BCUT2D eigenvalue weighted by Crippen LogP contribution is 2.39. The smallest absolute Gasteiger partial charge is 0.187 e. The average molecular weight is 379 g/mol. The summed E-state index contributed by atoms with van der Waals surface area (Å²) in [5, 5.41) is 0. The molecule has 1 N–H and O–H groups in total. The summed E-state index contributed by atoms with van der Waals surface area (Å²) in [6.45, 7) is 7.37. The standard InChI is InChI=1S/C22H25N3O3/c1-4-9-27-17-7-5-16(6-8-17)20-12-28-21(11-26)25(20)19-10-18-22(24-13-23-18)15(3)14(19)2/h5-8,10-11,13,20-21H,4,9,12H2,1-3H3,(H,23,24). The Kier molecular flexibility index (Phi) is 5.05. The molecule has 2 atom stereocenters. The fourth-order valence-corrected chi connectivity index (χ4v) is 3.80. The number of anilines is 1. The first-order chi connectivity index (χ1) is 13.6. The number of hydrogen-bond donors (Lipinski definition) is 1. The van der Waals surface area contributed by atoms with Crippen molar-refractivity contribution in [2.75, 3.05) is 18.1 Å². The number of rotatable bonds is 6. The molecule has 3 aromatic rings. The summed E-state index contributed by atoms with van der Waals surface area (Å²) in [6, 6.07) is 10.1. The third-order valence-electron chi connectivity index (χ3n) is 5.42. The van der Waals surface area contributed by atoms with Crippen LogP contribution < -0.4 is 9.64 Å². The number of aldehydes is 1. The lowest BCUT2D eigenvalue weighted by atomic mass is 10.0. The summed E-state index contributed by atoms with van der Waals surface area (Å²) in [6.07, 6.45) is 2.93. The quantitative estimate of drug-likeness (QED) is 0.654. The lowest BCUT2D eigenvalue weighted by Crippen LogP contribution is -2.34. The fraction of sp³-hybridized carbons (Fsp3) is 0.364. The molecule has 1 fully saturated rings. The summed E-state index contributed by atoms with van der Waals surface area (Å²) < 4.78 is 11.5. The summed E-state index contributed by atoms with van der Waals surface area (Å²) in [7, 11) is 0. The number of aryl methyl sites for hydroxylation is 1. The minimum Gasteiger partial charge on any atom is -0.494 e. The molecule has 1 saturated heterocycles. The molecule has 0 radical (unpaired) electrons. The van der Waals surface area contributed by atoms with Crippen molar-refractivity contribution in [3.8, 4) is 5.75 Å². The highest BCUT2D eigenvalue weighted by molar-refractivity contribution is 5.86. The zero-order valence-electron chi connectivity index (χ0n) is 16.4. The number of hydrogen-bond acceptors (Lipinski definition) is 5. The largest absolute Gasteiger partial charge is 0.494 e. The van der Waals surface area contributed by atoms with Crippen LogP contribution in [0.3, 0.4) is 0 Å². The Morgan fingerprint density at radius 2 is 2.07 bits per heavy atom. The molecule has 0 bridgehead atoms. The first-order valence-electron chi connectivity index (χ1n) is 9.65. The molecule has 6 nitrogen and oxygen atoms in total. The van der Waals surface area contributed by atoms with Crippen LogP contribution in [0.25, 0.3) is 11.0 Å². The van der Waals surface area contributed by atoms with Crippen LogP contribution in [0.4, 0.5) is 5.69 Å². The number of nitrogens with zero attached hydrogens (tertiary/aromatic N) is 2. The maximum atomic E-state index is 11.7. The fourth-order valence-electron chi connectivity index (χ4n) is 3.80. The van der Waals surface area contributed by atoms with E-state index in [1.54, 1.807) is 6.33 Å². The second-order valence-corrected chi connectivity index (χ2v) is 7.14. The van der Waals surface area contributed by atoms with Crippen LogP contribution in [0.1, 0.15) is 36.1 Å². The van der Waals surface area contributed by atoms with Gasteiger partial charge in [0, 0.05) is 5.69 Å². The van der Waals surface area contributed by atoms with Gasteiger partial charge in [0.15, 0.2) is 12.5 Å². The second-order valence-electron chi connectivity index (χ2n) is 7.14. The molecule has 146 valence electrons. The number of aromatic amines is 1. The molecule has 0 amide bonds. The molecule has 0 saturated carbocycles. The molecular weight excluding hydrogens is 354 g/mol. The van der Waals surface area contributed by atoms with Gasteiger partial charge >= 0.3 is 0 Å². The maximum Gasteiger partial charge on any atom is 0.187 e. The Morgan fingerprint density at radius 3 is 2.79 bits per heavy atom. The highest BCUT2D eigenvalue weighted by atomic mass is 16.5. The van der Waals surface area contributed by atoms with E-state index in [9.17, 15) is 4.79 Å². The van der Waals surface area contributed by atoms with E-state index in [2.05, 4.69) is 53.8 Å². The molecule has 2 heterocycles. The van der Waals surface area contributed by atoms with Gasteiger partial charge in [-0.25, -0.2) is 4.98 Å². The minimum absolute atomic E-state index is 0.0473. The predicted octanol–water partition coefficient (Wildman–Crippen LogP) is 4.07. The van der Waals surface area contributed by atoms with Gasteiger partial charge in [0.2, 0.25) is 0 Å². The van der Waals surface area contributed by atoms with E-state index in [1.165, 1.54) is 0 Å². The van der Waals surface area contributed by atoms with E-state index in [-0.39, 0.29) is 6.04 Å². The van der Waals surface area contributed by atoms with E-state index < -0.39 is 6.23 Å². The molecule has 1 aromatic heterocycles. The van der Waals surface area contributed by atoms with Gasteiger partial charge in [0.1, 0.15) is 5.75 Å². The third-order valence-corrected chi connectivity index (χ3v) is 5.42. The van der Waals surface area contributed by atoms with E-state index in [0.29, 0.717) is 13.2 Å². The number of fused-ring (bicyclic) bond motifs is 1. The number of imidazole rings is 1. The van der Waals surface area contributed by atoms with Crippen molar-refractivity contribution in [2.24, 2.45) is 0 Å². The molecule has 2 unspecified atom stereocenters. The van der Waals surface area contributed by atoms with Crippen LogP contribution in [-0.2, 0) is 9.53 Å². The van der Waals surface area contributed by atoms with Crippen molar-refractivity contribution >= 4 is 23.0 Å². The molecule has 1 aliphatic rings. The summed E-state index contributed by atoms with van der Waals surface area (Å²) in [5.74, 6) is 0.855. The molecule has 4 rings (SSSR count). The average Bonchev–Trinajstić information content (AvgIpc) is 3.36. The molecule has 6 heteroatoms. The molecule has 28 heavy (non-hydrogen) atoms. The Balaban J connectivity index is 1.73.